The number of ether oxygens (including phenoxy) is 9. The zero-order valence-corrected chi connectivity index (χ0v) is 19.6. The molecule has 190 valence electrons. The average Bonchev–Trinajstić information content (AvgIpc) is 2.81. The third kappa shape index (κ3) is 13.2. The van der Waals surface area contributed by atoms with Crippen LogP contribution in [0.5, 0.6) is 17.2 Å². The van der Waals surface area contributed by atoms with E-state index in [1.54, 1.807) is 21.3 Å². The van der Waals surface area contributed by atoms with Crippen molar-refractivity contribution in [3.05, 3.63) is 22.2 Å². The van der Waals surface area contributed by atoms with Crippen molar-refractivity contribution in [1.29, 1.82) is 0 Å². The lowest BCUT2D eigenvalue weighted by molar-refractivity contribution is -0.385. The van der Waals surface area contributed by atoms with Crippen molar-refractivity contribution in [3.8, 4) is 17.2 Å². The van der Waals surface area contributed by atoms with E-state index in [-0.39, 0.29) is 56.0 Å². The predicted octanol–water partition coefficient (Wildman–Crippen LogP) is 1.72. The van der Waals surface area contributed by atoms with E-state index >= 15 is 0 Å². The summed E-state index contributed by atoms with van der Waals surface area (Å²) >= 11 is 0. The highest BCUT2D eigenvalue weighted by Crippen LogP contribution is 2.41. The monoisotopic (exact) mass is 477 g/mol. The van der Waals surface area contributed by atoms with Gasteiger partial charge in [-0.3, -0.25) is 10.1 Å². The molecule has 1 aromatic rings. The smallest absolute Gasteiger partial charge is 0.277 e. The van der Waals surface area contributed by atoms with Crippen LogP contribution in [-0.4, -0.2) is 106 Å². The lowest BCUT2D eigenvalue weighted by Gasteiger charge is -2.17. The summed E-state index contributed by atoms with van der Waals surface area (Å²) in [5, 5.41) is 11.4. The molecule has 0 aliphatic rings. The van der Waals surface area contributed by atoms with Gasteiger partial charge in [0, 0.05) is 21.3 Å². The van der Waals surface area contributed by atoms with Crippen LogP contribution in [-0.2, 0) is 28.4 Å². The van der Waals surface area contributed by atoms with Crippen molar-refractivity contribution in [1.82, 2.24) is 0 Å². The Morgan fingerprint density at radius 3 is 1.33 bits per heavy atom. The van der Waals surface area contributed by atoms with Crippen LogP contribution in [0.2, 0.25) is 0 Å². The lowest BCUT2D eigenvalue weighted by atomic mass is 10.2. The number of benzene rings is 1. The Bertz CT molecular complexity index is 608. The fraction of sp³-hybridized carbons (Fsp3) is 0.714. The molecule has 12 nitrogen and oxygen atoms in total. The number of hydrogen-bond donors (Lipinski definition) is 0. The predicted molar refractivity (Wildman–Crippen MR) is 118 cm³/mol. The van der Waals surface area contributed by atoms with E-state index < -0.39 is 4.92 Å². The van der Waals surface area contributed by atoms with Crippen molar-refractivity contribution < 1.29 is 47.6 Å². The minimum atomic E-state index is -0.526. The van der Waals surface area contributed by atoms with Crippen molar-refractivity contribution in [2.24, 2.45) is 0 Å². The van der Waals surface area contributed by atoms with Gasteiger partial charge in [0.05, 0.1) is 76.5 Å². The topological polar surface area (TPSA) is 126 Å². The Labute approximate surface area is 194 Å². The number of rotatable bonds is 22. The molecule has 0 aromatic heterocycles. The minimum absolute atomic E-state index is 0.158. The van der Waals surface area contributed by atoms with E-state index in [0.717, 1.165) is 0 Å². The van der Waals surface area contributed by atoms with Gasteiger partial charge >= 0.3 is 0 Å². The highest BCUT2D eigenvalue weighted by molar-refractivity contribution is 5.58. The van der Waals surface area contributed by atoms with E-state index in [4.69, 9.17) is 42.6 Å². The molecule has 0 atom stereocenters. The molecule has 0 fully saturated rings. The Morgan fingerprint density at radius 2 is 0.970 bits per heavy atom. The molecule has 0 saturated carbocycles. The van der Waals surface area contributed by atoms with Gasteiger partial charge in [-0.05, 0) is 0 Å². The van der Waals surface area contributed by atoms with Crippen LogP contribution in [0.15, 0.2) is 12.1 Å². The number of non-ortho nitro benzene ring substituents is 1. The Balaban J connectivity index is 2.84. The molecule has 0 bridgehead atoms. The first-order valence-electron chi connectivity index (χ1n) is 10.5. The first-order valence-corrected chi connectivity index (χ1v) is 10.5. The zero-order valence-electron chi connectivity index (χ0n) is 19.6. The molecule has 0 aliphatic heterocycles. The summed E-state index contributed by atoms with van der Waals surface area (Å²) in [5.74, 6) is 0.586. The highest BCUT2D eigenvalue weighted by Gasteiger charge is 2.21. The normalized spacial score (nSPS) is 10.9. The Kier molecular flexibility index (Phi) is 16.8. The third-order valence-corrected chi connectivity index (χ3v) is 3.96. The molecule has 0 N–H and O–H groups in total. The van der Waals surface area contributed by atoms with Crippen LogP contribution in [0.25, 0.3) is 0 Å². The molecule has 33 heavy (non-hydrogen) atoms. The van der Waals surface area contributed by atoms with Crippen molar-refractivity contribution >= 4 is 5.69 Å². The van der Waals surface area contributed by atoms with Gasteiger partial charge in [-0.1, -0.05) is 0 Å². The first kappa shape index (κ1) is 28.8. The summed E-state index contributed by atoms with van der Waals surface area (Å²) in [6.07, 6.45) is 0. The largest absolute Gasteiger partial charge is 0.487 e. The Hall–Kier alpha value is -2.22. The molecule has 1 rings (SSSR count). The molecule has 0 unspecified atom stereocenters. The maximum absolute atomic E-state index is 11.4. The van der Waals surface area contributed by atoms with E-state index in [2.05, 4.69) is 0 Å². The maximum atomic E-state index is 11.4. The number of nitro groups is 1. The summed E-state index contributed by atoms with van der Waals surface area (Å²) in [7, 11) is 4.74. The number of nitrogens with zero attached hydrogens (tertiary/aromatic N) is 1. The average molecular weight is 478 g/mol. The van der Waals surface area contributed by atoms with Gasteiger partial charge in [0.2, 0.25) is 5.75 Å². The second-order valence-corrected chi connectivity index (χ2v) is 6.39. The number of nitro benzene ring substituents is 1. The van der Waals surface area contributed by atoms with Crippen molar-refractivity contribution in [2.45, 2.75) is 0 Å². The standard InChI is InChI=1S/C21H35NO11/c1-25-4-7-28-10-13-31-19-16-18(22(23)24)17-20(32-14-11-29-8-5-26-2)21(19)33-15-12-30-9-6-27-3/h16-17H,4-15H2,1-3H3. The molecule has 0 radical (unpaired) electrons. The number of hydrogen-bond acceptors (Lipinski definition) is 11. The molecule has 1 aromatic carbocycles. The van der Waals surface area contributed by atoms with E-state index in [1.165, 1.54) is 12.1 Å². The van der Waals surface area contributed by atoms with Gasteiger partial charge < -0.3 is 42.6 Å². The molecule has 0 saturated heterocycles. The summed E-state index contributed by atoms with van der Waals surface area (Å²) < 4.78 is 48.2. The van der Waals surface area contributed by atoms with Crippen LogP contribution >= 0.6 is 0 Å². The van der Waals surface area contributed by atoms with Gasteiger partial charge in [-0.2, -0.15) is 0 Å². The van der Waals surface area contributed by atoms with Gasteiger partial charge in [0.15, 0.2) is 11.5 Å². The minimum Gasteiger partial charge on any atom is -0.487 e. The molecule has 0 aliphatic carbocycles. The second-order valence-electron chi connectivity index (χ2n) is 6.39. The molecule has 0 heterocycles. The van der Waals surface area contributed by atoms with Crippen LogP contribution in [0.3, 0.4) is 0 Å². The van der Waals surface area contributed by atoms with E-state index in [1.807, 2.05) is 0 Å². The summed E-state index contributed by atoms with van der Waals surface area (Å²) in [4.78, 5) is 10.9. The Morgan fingerprint density at radius 1 is 0.606 bits per heavy atom. The maximum Gasteiger partial charge on any atom is 0.277 e. The van der Waals surface area contributed by atoms with Crippen LogP contribution in [0, 0.1) is 10.1 Å². The fourth-order valence-corrected chi connectivity index (χ4v) is 2.38. The van der Waals surface area contributed by atoms with Crippen molar-refractivity contribution in [2.75, 3.05) is 101 Å². The molecular weight excluding hydrogens is 442 g/mol. The van der Waals surface area contributed by atoms with Gasteiger partial charge in [-0.25, -0.2) is 0 Å². The van der Waals surface area contributed by atoms with Crippen molar-refractivity contribution in [3.63, 3.8) is 0 Å². The first-order chi connectivity index (χ1) is 16.1. The SMILES string of the molecule is COCCOCCOc1cc([N+](=O)[O-])cc(OCCOCCOC)c1OCCOCCOC. The fourth-order valence-electron chi connectivity index (χ4n) is 2.38. The molecular formula is C21H35NO11. The van der Waals surface area contributed by atoms with Crippen LogP contribution in [0.1, 0.15) is 0 Å². The highest BCUT2D eigenvalue weighted by atomic mass is 16.6. The molecule has 12 heteroatoms. The van der Waals surface area contributed by atoms with Crippen LogP contribution < -0.4 is 14.2 Å². The van der Waals surface area contributed by atoms with Gasteiger partial charge in [0.25, 0.3) is 5.69 Å². The second kappa shape index (κ2) is 19.3. The third-order valence-electron chi connectivity index (χ3n) is 3.96. The lowest BCUT2D eigenvalue weighted by Crippen LogP contribution is -2.14. The van der Waals surface area contributed by atoms with E-state index in [0.29, 0.717) is 46.2 Å². The molecule has 0 spiro atoms. The zero-order chi connectivity index (χ0) is 24.2. The summed E-state index contributed by atoms with van der Waals surface area (Å²) in [5.41, 5.74) is -0.190. The number of methoxy groups -OCH3 is 3. The summed E-state index contributed by atoms with van der Waals surface area (Å²) in [6.45, 7) is 3.96. The van der Waals surface area contributed by atoms with Crippen LogP contribution in [0.4, 0.5) is 5.69 Å². The van der Waals surface area contributed by atoms with Gasteiger partial charge in [-0.15, -0.1) is 0 Å². The van der Waals surface area contributed by atoms with E-state index in [9.17, 15) is 10.1 Å². The summed E-state index contributed by atoms with van der Waals surface area (Å²) in [6, 6.07) is 2.58. The molecule has 0 amide bonds. The quantitative estimate of drug-likeness (QED) is 0.138. The van der Waals surface area contributed by atoms with Gasteiger partial charge in [0.1, 0.15) is 19.8 Å².